The van der Waals surface area contributed by atoms with E-state index in [2.05, 4.69) is 15.4 Å². The molecule has 108 valence electrons. The number of aryl methyl sites for hydroxylation is 1. The van der Waals surface area contributed by atoms with Crippen LogP contribution in [0.15, 0.2) is 30.5 Å². The summed E-state index contributed by atoms with van der Waals surface area (Å²) in [5.41, 5.74) is 0.973. The maximum absolute atomic E-state index is 5.90. The molecule has 0 saturated heterocycles. The molecule has 1 N–H and O–H groups in total. The van der Waals surface area contributed by atoms with Crippen LogP contribution in [0.5, 0.6) is 11.5 Å². The van der Waals surface area contributed by atoms with Crippen molar-refractivity contribution in [1.82, 2.24) is 14.6 Å². The van der Waals surface area contributed by atoms with Crippen LogP contribution in [0.2, 0.25) is 0 Å². The van der Waals surface area contributed by atoms with Crippen LogP contribution in [-0.4, -0.2) is 33.9 Å². The van der Waals surface area contributed by atoms with Gasteiger partial charge >= 0.3 is 0 Å². The van der Waals surface area contributed by atoms with E-state index < -0.39 is 0 Å². The molecule has 3 aromatic rings. The van der Waals surface area contributed by atoms with Crippen molar-refractivity contribution < 1.29 is 9.47 Å². The van der Waals surface area contributed by atoms with Crippen molar-refractivity contribution in [2.24, 2.45) is 0 Å². The van der Waals surface area contributed by atoms with E-state index >= 15 is 0 Å². The van der Waals surface area contributed by atoms with Gasteiger partial charge in [-0.1, -0.05) is 23.5 Å². The standard InChI is InChI=1S/C14H14N4O2S/c1-9-7-18-14(16-9)21-13(17-18)15-6-10-8-19-11-4-2-3-5-12(11)20-10/h2-5,7,10H,6,8H2,1H3,(H,15,17)/t10-/m0/s1. The molecule has 1 atom stereocenters. The quantitative estimate of drug-likeness (QED) is 0.805. The molecule has 4 rings (SSSR count). The van der Waals surface area contributed by atoms with Gasteiger partial charge in [-0.05, 0) is 19.1 Å². The molecule has 1 aromatic carbocycles. The fourth-order valence-corrected chi connectivity index (χ4v) is 3.08. The van der Waals surface area contributed by atoms with Gasteiger partial charge in [0.1, 0.15) is 12.7 Å². The van der Waals surface area contributed by atoms with Crippen molar-refractivity contribution in [2.75, 3.05) is 18.5 Å². The van der Waals surface area contributed by atoms with Crippen molar-refractivity contribution in [1.29, 1.82) is 0 Å². The van der Waals surface area contributed by atoms with E-state index in [0.29, 0.717) is 13.2 Å². The fraction of sp³-hybridized carbons (Fsp3) is 0.286. The molecule has 6 nitrogen and oxygen atoms in total. The Kier molecular flexibility index (Phi) is 2.92. The molecule has 7 heteroatoms. The zero-order valence-corrected chi connectivity index (χ0v) is 12.3. The summed E-state index contributed by atoms with van der Waals surface area (Å²) in [7, 11) is 0. The van der Waals surface area contributed by atoms with Gasteiger partial charge in [0.05, 0.1) is 18.4 Å². The van der Waals surface area contributed by atoms with Crippen LogP contribution >= 0.6 is 11.3 Å². The Hall–Kier alpha value is -2.28. The Labute approximate surface area is 125 Å². The topological polar surface area (TPSA) is 60.7 Å². The second-order valence-electron chi connectivity index (χ2n) is 4.90. The molecular weight excluding hydrogens is 288 g/mol. The molecule has 0 bridgehead atoms. The number of aromatic nitrogens is 3. The van der Waals surface area contributed by atoms with Gasteiger partial charge in [0, 0.05) is 0 Å². The highest BCUT2D eigenvalue weighted by atomic mass is 32.1. The minimum Gasteiger partial charge on any atom is -0.486 e. The Morgan fingerprint density at radius 2 is 2.24 bits per heavy atom. The molecule has 0 aliphatic carbocycles. The van der Waals surface area contributed by atoms with E-state index in [0.717, 1.165) is 27.3 Å². The summed E-state index contributed by atoms with van der Waals surface area (Å²) in [6.07, 6.45) is 1.88. The largest absolute Gasteiger partial charge is 0.486 e. The third-order valence-electron chi connectivity index (χ3n) is 3.21. The Morgan fingerprint density at radius 1 is 1.38 bits per heavy atom. The minimum absolute atomic E-state index is 0.0298. The van der Waals surface area contributed by atoms with Gasteiger partial charge in [-0.3, -0.25) is 0 Å². The first kappa shape index (κ1) is 12.5. The summed E-state index contributed by atoms with van der Waals surface area (Å²) in [6.45, 7) is 3.13. The smallest absolute Gasteiger partial charge is 0.214 e. The highest BCUT2D eigenvalue weighted by Crippen LogP contribution is 2.31. The second-order valence-corrected chi connectivity index (χ2v) is 5.85. The molecule has 3 heterocycles. The average Bonchev–Trinajstić information content (AvgIpc) is 3.01. The van der Waals surface area contributed by atoms with Gasteiger partial charge in [-0.2, -0.15) is 0 Å². The van der Waals surface area contributed by atoms with E-state index in [1.165, 1.54) is 11.3 Å². The first-order valence-electron chi connectivity index (χ1n) is 6.73. The van der Waals surface area contributed by atoms with Crippen LogP contribution in [0.1, 0.15) is 5.69 Å². The maximum atomic E-state index is 5.90. The van der Waals surface area contributed by atoms with Gasteiger partial charge in [0.2, 0.25) is 10.1 Å². The Morgan fingerprint density at radius 3 is 3.10 bits per heavy atom. The third-order valence-corrected chi connectivity index (χ3v) is 4.09. The van der Waals surface area contributed by atoms with Crippen LogP contribution in [0, 0.1) is 6.92 Å². The average molecular weight is 302 g/mol. The summed E-state index contributed by atoms with van der Waals surface area (Å²) >= 11 is 1.53. The van der Waals surface area contributed by atoms with Crippen molar-refractivity contribution in [3.63, 3.8) is 0 Å². The first-order valence-corrected chi connectivity index (χ1v) is 7.55. The number of rotatable bonds is 3. The summed E-state index contributed by atoms with van der Waals surface area (Å²) < 4.78 is 13.4. The van der Waals surface area contributed by atoms with Crippen LogP contribution in [0.3, 0.4) is 0 Å². The number of anilines is 1. The van der Waals surface area contributed by atoms with Gasteiger partial charge in [0.25, 0.3) is 0 Å². The van der Waals surface area contributed by atoms with Gasteiger partial charge in [0.15, 0.2) is 11.5 Å². The zero-order valence-electron chi connectivity index (χ0n) is 11.4. The van der Waals surface area contributed by atoms with E-state index in [-0.39, 0.29) is 6.10 Å². The monoisotopic (exact) mass is 302 g/mol. The molecule has 0 spiro atoms. The van der Waals surface area contributed by atoms with Crippen molar-refractivity contribution in [2.45, 2.75) is 13.0 Å². The number of hydrogen-bond donors (Lipinski definition) is 1. The molecular formula is C14H14N4O2S. The molecule has 0 saturated carbocycles. The lowest BCUT2D eigenvalue weighted by Gasteiger charge is -2.26. The fourth-order valence-electron chi connectivity index (χ4n) is 2.25. The van der Waals surface area contributed by atoms with Crippen LogP contribution in [0.4, 0.5) is 5.13 Å². The summed E-state index contributed by atoms with van der Waals surface area (Å²) in [5.74, 6) is 1.59. The SMILES string of the molecule is Cc1cn2nc(NC[C@H]3COc4ccccc4O3)sc2n1. The molecule has 0 fully saturated rings. The van der Waals surface area contributed by atoms with Crippen LogP contribution in [0.25, 0.3) is 4.96 Å². The molecule has 0 radical (unpaired) electrons. The van der Waals surface area contributed by atoms with Crippen molar-refractivity contribution in [3.05, 3.63) is 36.2 Å². The van der Waals surface area contributed by atoms with Gasteiger partial charge in [-0.25, -0.2) is 9.50 Å². The number of imidazole rings is 1. The number of hydrogen-bond acceptors (Lipinski definition) is 6. The molecule has 0 unspecified atom stereocenters. The second kappa shape index (κ2) is 4.92. The normalized spacial score (nSPS) is 17.1. The zero-order chi connectivity index (χ0) is 14.2. The molecule has 1 aliphatic heterocycles. The number of fused-ring (bicyclic) bond motifs is 2. The number of nitrogens with one attached hydrogen (secondary N) is 1. The highest BCUT2D eigenvalue weighted by molar-refractivity contribution is 7.20. The van der Waals surface area contributed by atoms with E-state index in [9.17, 15) is 0 Å². The van der Waals surface area contributed by atoms with E-state index in [4.69, 9.17) is 9.47 Å². The highest BCUT2D eigenvalue weighted by Gasteiger charge is 2.20. The van der Waals surface area contributed by atoms with Gasteiger partial charge in [-0.15, -0.1) is 5.10 Å². The number of ether oxygens (including phenoxy) is 2. The molecule has 1 aliphatic rings. The summed E-state index contributed by atoms with van der Waals surface area (Å²) in [5, 5.41) is 8.54. The van der Waals surface area contributed by atoms with Gasteiger partial charge < -0.3 is 14.8 Å². The van der Waals surface area contributed by atoms with Crippen molar-refractivity contribution >= 4 is 21.4 Å². The van der Waals surface area contributed by atoms with E-state index in [1.54, 1.807) is 4.52 Å². The Balaban J connectivity index is 1.42. The molecule has 0 amide bonds. The molecule has 21 heavy (non-hydrogen) atoms. The number of benzene rings is 1. The third kappa shape index (κ3) is 2.40. The lowest BCUT2D eigenvalue weighted by molar-refractivity contribution is 0.0997. The van der Waals surface area contributed by atoms with Crippen molar-refractivity contribution in [3.8, 4) is 11.5 Å². The molecule has 2 aromatic heterocycles. The lowest BCUT2D eigenvalue weighted by Crippen LogP contribution is -2.35. The predicted octanol–water partition coefficient (Wildman–Crippen LogP) is 2.35. The number of para-hydroxylation sites is 2. The summed E-state index contributed by atoms with van der Waals surface area (Å²) in [6, 6.07) is 7.71. The Bertz CT molecular complexity index is 751. The number of nitrogens with zero attached hydrogens (tertiary/aromatic N) is 3. The van der Waals surface area contributed by atoms with Crippen LogP contribution < -0.4 is 14.8 Å². The van der Waals surface area contributed by atoms with Crippen LogP contribution in [-0.2, 0) is 0 Å². The van der Waals surface area contributed by atoms with E-state index in [1.807, 2.05) is 37.4 Å². The lowest BCUT2D eigenvalue weighted by atomic mass is 10.2. The summed E-state index contributed by atoms with van der Waals surface area (Å²) in [4.78, 5) is 5.27. The minimum atomic E-state index is -0.0298. The first-order chi connectivity index (χ1) is 10.3. The predicted molar refractivity (Wildman–Crippen MR) is 80.4 cm³/mol. The maximum Gasteiger partial charge on any atom is 0.214 e.